The van der Waals surface area contributed by atoms with Crippen molar-refractivity contribution in [3.05, 3.63) is 77.4 Å². The Morgan fingerprint density at radius 1 is 1.27 bits per heavy atom. The summed E-state index contributed by atoms with van der Waals surface area (Å²) >= 11 is 0. The predicted molar refractivity (Wildman–Crippen MR) is 115 cm³/mol. The molecule has 6 heteroatoms. The Balaban J connectivity index is 1.50. The van der Waals surface area contributed by atoms with Gasteiger partial charge >= 0.3 is 0 Å². The minimum Gasteiger partial charge on any atom is -0.497 e. The second kappa shape index (κ2) is 7.86. The lowest BCUT2D eigenvalue weighted by atomic mass is 9.89. The van der Waals surface area contributed by atoms with Crippen molar-refractivity contribution in [1.29, 1.82) is 0 Å². The van der Waals surface area contributed by atoms with Crippen LogP contribution >= 0.6 is 0 Å². The van der Waals surface area contributed by atoms with E-state index in [-0.39, 0.29) is 17.6 Å². The zero-order valence-electron chi connectivity index (χ0n) is 17.8. The molecule has 2 heterocycles. The molecule has 1 aliphatic rings. The van der Waals surface area contributed by atoms with E-state index in [1.165, 1.54) is 0 Å². The molecular weight excluding hydrogens is 378 g/mol. The number of carbonyl (C=O) groups excluding carboxylic acids is 1. The second-order valence-corrected chi connectivity index (χ2v) is 8.29. The SMILES string of the molecule is COc1ccc2c(c1)OC(C)(C)CC2NC(=O)c1ccc(Cn2ccnc2C)cc1. The molecule has 0 fully saturated rings. The molecule has 1 aromatic heterocycles. The summed E-state index contributed by atoms with van der Waals surface area (Å²) in [5.41, 5.74) is 2.34. The number of methoxy groups -OCH3 is 1. The number of hydrogen-bond donors (Lipinski definition) is 1. The van der Waals surface area contributed by atoms with Crippen molar-refractivity contribution in [1.82, 2.24) is 14.9 Å². The molecule has 1 N–H and O–H groups in total. The van der Waals surface area contributed by atoms with Crippen LogP contribution in [-0.2, 0) is 6.54 Å². The Labute approximate surface area is 176 Å². The monoisotopic (exact) mass is 405 g/mol. The van der Waals surface area contributed by atoms with Gasteiger partial charge in [0, 0.05) is 42.6 Å². The van der Waals surface area contributed by atoms with E-state index in [0.717, 1.165) is 35.0 Å². The number of rotatable bonds is 5. The molecule has 0 aliphatic carbocycles. The predicted octanol–water partition coefficient (Wildman–Crippen LogP) is 4.28. The van der Waals surface area contributed by atoms with Gasteiger partial charge in [-0.05, 0) is 50.6 Å². The fourth-order valence-corrected chi connectivity index (χ4v) is 3.86. The molecule has 3 aromatic rings. The van der Waals surface area contributed by atoms with Crippen molar-refractivity contribution < 1.29 is 14.3 Å². The Kier molecular flexibility index (Phi) is 5.24. The zero-order chi connectivity index (χ0) is 21.3. The van der Waals surface area contributed by atoms with Gasteiger partial charge in [0.25, 0.3) is 5.91 Å². The quantitative estimate of drug-likeness (QED) is 0.688. The van der Waals surface area contributed by atoms with Crippen molar-refractivity contribution >= 4 is 5.91 Å². The molecule has 0 saturated carbocycles. The van der Waals surface area contributed by atoms with Gasteiger partial charge in [-0.2, -0.15) is 0 Å². The Morgan fingerprint density at radius 2 is 2.03 bits per heavy atom. The molecule has 1 amide bonds. The third-order valence-electron chi connectivity index (χ3n) is 5.48. The lowest BCUT2D eigenvalue weighted by molar-refractivity contribution is 0.0617. The van der Waals surface area contributed by atoms with Crippen molar-refractivity contribution in [3.63, 3.8) is 0 Å². The molecule has 0 bridgehead atoms. The van der Waals surface area contributed by atoms with Gasteiger partial charge in [-0.25, -0.2) is 4.98 Å². The van der Waals surface area contributed by atoms with Crippen LogP contribution in [0.4, 0.5) is 0 Å². The summed E-state index contributed by atoms with van der Waals surface area (Å²) in [5.74, 6) is 2.36. The number of nitrogens with one attached hydrogen (secondary N) is 1. The second-order valence-electron chi connectivity index (χ2n) is 8.29. The fourth-order valence-electron chi connectivity index (χ4n) is 3.86. The van der Waals surface area contributed by atoms with Gasteiger partial charge in [-0.1, -0.05) is 12.1 Å². The van der Waals surface area contributed by atoms with Crippen molar-refractivity contribution in [3.8, 4) is 11.5 Å². The van der Waals surface area contributed by atoms with Crippen LogP contribution < -0.4 is 14.8 Å². The van der Waals surface area contributed by atoms with Gasteiger partial charge in [0.1, 0.15) is 22.9 Å². The summed E-state index contributed by atoms with van der Waals surface area (Å²) in [6, 6.07) is 13.3. The first-order chi connectivity index (χ1) is 14.3. The third-order valence-corrected chi connectivity index (χ3v) is 5.48. The van der Waals surface area contributed by atoms with Crippen LogP contribution in [0, 0.1) is 6.92 Å². The van der Waals surface area contributed by atoms with Gasteiger partial charge in [0.05, 0.1) is 13.2 Å². The van der Waals surface area contributed by atoms with Gasteiger partial charge in [-0.15, -0.1) is 0 Å². The maximum absolute atomic E-state index is 12.9. The molecule has 30 heavy (non-hydrogen) atoms. The van der Waals surface area contributed by atoms with Gasteiger partial charge in [0.15, 0.2) is 0 Å². The zero-order valence-corrected chi connectivity index (χ0v) is 17.8. The number of aromatic nitrogens is 2. The smallest absolute Gasteiger partial charge is 0.251 e. The molecule has 2 aromatic carbocycles. The number of fused-ring (bicyclic) bond motifs is 1. The maximum Gasteiger partial charge on any atom is 0.251 e. The molecule has 4 rings (SSSR count). The van der Waals surface area contributed by atoms with E-state index in [0.29, 0.717) is 12.0 Å². The van der Waals surface area contributed by atoms with E-state index in [4.69, 9.17) is 9.47 Å². The average Bonchev–Trinajstić information content (AvgIpc) is 3.11. The highest BCUT2D eigenvalue weighted by atomic mass is 16.5. The van der Waals surface area contributed by atoms with Gasteiger partial charge in [-0.3, -0.25) is 4.79 Å². The van der Waals surface area contributed by atoms with Gasteiger partial charge < -0.3 is 19.4 Å². The molecule has 1 aliphatic heterocycles. The number of carbonyl (C=O) groups is 1. The minimum absolute atomic E-state index is 0.0928. The van der Waals surface area contributed by atoms with Crippen molar-refractivity contribution in [2.24, 2.45) is 0 Å². The number of hydrogen-bond acceptors (Lipinski definition) is 4. The summed E-state index contributed by atoms with van der Waals surface area (Å²) in [5, 5.41) is 3.18. The minimum atomic E-state index is -0.385. The van der Waals surface area contributed by atoms with Crippen LogP contribution in [-0.4, -0.2) is 28.2 Å². The summed E-state index contributed by atoms with van der Waals surface area (Å²) < 4.78 is 13.5. The first-order valence-electron chi connectivity index (χ1n) is 10.1. The number of nitrogens with zero attached hydrogens (tertiary/aromatic N) is 2. The Bertz CT molecular complexity index is 1050. The van der Waals surface area contributed by atoms with Crippen molar-refractivity contribution in [2.45, 2.75) is 45.4 Å². The van der Waals surface area contributed by atoms with Crippen LogP contribution in [0.1, 0.15) is 53.6 Å². The topological polar surface area (TPSA) is 65.4 Å². The summed E-state index contributed by atoms with van der Waals surface area (Å²) in [6.45, 7) is 6.77. The highest BCUT2D eigenvalue weighted by molar-refractivity contribution is 5.94. The van der Waals surface area contributed by atoms with Crippen LogP contribution in [0.25, 0.3) is 0 Å². The molecule has 0 spiro atoms. The number of amides is 1. The fraction of sp³-hybridized carbons (Fsp3) is 0.333. The number of aryl methyl sites for hydroxylation is 1. The van der Waals surface area contributed by atoms with Crippen LogP contribution in [0.15, 0.2) is 54.9 Å². The summed E-state index contributed by atoms with van der Waals surface area (Å²) in [7, 11) is 1.63. The van der Waals surface area contributed by atoms with E-state index in [1.807, 2.05) is 69.4 Å². The van der Waals surface area contributed by atoms with E-state index in [9.17, 15) is 4.79 Å². The molecule has 0 radical (unpaired) electrons. The van der Waals surface area contributed by atoms with Gasteiger partial charge in [0.2, 0.25) is 0 Å². The van der Waals surface area contributed by atoms with E-state index < -0.39 is 0 Å². The molecule has 1 atom stereocenters. The average molecular weight is 405 g/mol. The largest absolute Gasteiger partial charge is 0.497 e. The summed E-state index contributed by atoms with van der Waals surface area (Å²) in [4.78, 5) is 17.2. The number of ether oxygens (including phenoxy) is 2. The van der Waals surface area contributed by atoms with Crippen molar-refractivity contribution in [2.75, 3.05) is 7.11 Å². The van der Waals surface area contributed by atoms with Crippen LogP contribution in [0.2, 0.25) is 0 Å². The third kappa shape index (κ3) is 4.17. The number of benzene rings is 2. The standard InChI is InChI=1S/C24H27N3O3/c1-16-25-11-12-27(16)15-17-5-7-18(8-6-17)23(28)26-21-14-24(2,3)30-22-13-19(29-4)9-10-20(21)22/h5-13,21H,14-15H2,1-4H3,(H,26,28). The molecular formula is C24H27N3O3. The highest BCUT2D eigenvalue weighted by Gasteiger charge is 2.35. The van der Waals surface area contributed by atoms with E-state index >= 15 is 0 Å². The Hall–Kier alpha value is -3.28. The highest BCUT2D eigenvalue weighted by Crippen LogP contribution is 2.41. The normalized spacial score (nSPS) is 17.0. The van der Waals surface area contributed by atoms with E-state index in [2.05, 4.69) is 14.9 Å². The van der Waals surface area contributed by atoms with E-state index in [1.54, 1.807) is 13.3 Å². The molecule has 0 saturated heterocycles. The first-order valence-corrected chi connectivity index (χ1v) is 10.1. The van der Waals surface area contributed by atoms with Crippen LogP contribution in [0.5, 0.6) is 11.5 Å². The lowest BCUT2D eigenvalue weighted by Crippen LogP contribution is -2.41. The van der Waals surface area contributed by atoms with Crippen LogP contribution in [0.3, 0.4) is 0 Å². The lowest BCUT2D eigenvalue weighted by Gasteiger charge is -2.38. The number of imidazole rings is 1. The summed E-state index contributed by atoms with van der Waals surface area (Å²) in [6.07, 6.45) is 4.44. The maximum atomic E-state index is 12.9. The Morgan fingerprint density at radius 3 is 2.70 bits per heavy atom. The molecule has 6 nitrogen and oxygen atoms in total. The molecule has 1 unspecified atom stereocenters. The first kappa shape index (κ1) is 20.0. The molecule has 156 valence electrons.